The van der Waals surface area contributed by atoms with Gasteiger partial charge in [-0.05, 0) is 31.9 Å². The van der Waals surface area contributed by atoms with Crippen LogP contribution in [0.15, 0.2) is 35.9 Å². The predicted octanol–water partition coefficient (Wildman–Crippen LogP) is 2.89. The van der Waals surface area contributed by atoms with Crippen molar-refractivity contribution in [2.24, 2.45) is 5.92 Å². The van der Waals surface area contributed by atoms with E-state index in [-0.39, 0.29) is 5.91 Å². The number of nitrogens with zero attached hydrogens (tertiary/aromatic N) is 2. The SMILES string of the molecule is CC(=O)N1CC[C@@H](CN(C)C/C(C)=C/c2ccccc2)C1. The molecule has 1 heterocycles. The van der Waals surface area contributed by atoms with E-state index in [4.69, 9.17) is 0 Å². The van der Waals surface area contributed by atoms with Crippen molar-refractivity contribution in [2.75, 3.05) is 33.2 Å². The van der Waals surface area contributed by atoms with Gasteiger partial charge in [0.2, 0.25) is 5.91 Å². The minimum absolute atomic E-state index is 0.209. The lowest BCUT2D eigenvalue weighted by molar-refractivity contribution is -0.127. The molecule has 1 aromatic carbocycles. The molecule has 1 aliphatic heterocycles. The fourth-order valence-electron chi connectivity index (χ4n) is 3.08. The maximum atomic E-state index is 11.4. The van der Waals surface area contributed by atoms with E-state index in [1.165, 1.54) is 11.1 Å². The van der Waals surface area contributed by atoms with Gasteiger partial charge in [-0.15, -0.1) is 0 Å². The fraction of sp³-hybridized carbons (Fsp3) is 0.500. The van der Waals surface area contributed by atoms with Crippen molar-refractivity contribution in [1.29, 1.82) is 0 Å². The molecule has 21 heavy (non-hydrogen) atoms. The Bertz CT molecular complexity index is 495. The summed E-state index contributed by atoms with van der Waals surface area (Å²) in [7, 11) is 2.17. The summed E-state index contributed by atoms with van der Waals surface area (Å²) < 4.78 is 0. The standard InChI is InChI=1S/C18H26N2O/c1-15(11-17-7-5-4-6-8-17)12-19(3)13-18-9-10-20(14-18)16(2)21/h4-8,11,18H,9-10,12-14H2,1-3H3/b15-11+/t18-/m0/s1. The summed E-state index contributed by atoms with van der Waals surface area (Å²) in [5.74, 6) is 0.823. The number of hydrogen-bond acceptors (Lipinski definition) is 2. The topological polar surface area (TPSA) is 23.6 Å². The Morgan fingerprint density at radius 3 is 2.67 bits per heavy atom. The lowest BCUT2D eigenvalue weighted by Gasteiger charge is -2.21. The fourth-order valence-corrected chi connectivity index (χ4v) is 3.08. The van der Waals surface area contributed by atoms with Gasteiger partial charge in [0, 0.05) is 33.1 Å². The van der Waals surface area contributed by atoms with E-state index in [0.717, 1.165) is 32.6 Å². The normalized spacial score (nSPS) is 19.3. The summed E-state index contributed by atoms with van der Waals surface area (Å²) in [5.41, 5.74) is 2.62. The largest absolute Gasteiger partial charge is 0.343 e. The van der Waals surface area contributed by atoms with Crippen LogP contribution in [0.5, 0.6) is 0 Å². The van der Waals surface area contributed by atoms with Gasteiger partial charge in [-0.25, -0.2) is 0 Å². The van der Waals surface area contributed by atoms with Crippen LogP contribution in [-0.4, -0.2) is 48.9 Å². The van der Waals surface area contributed by atoms with Gasteiger partial charge in [-0.1, -0.05) is 42.0 Å². The minimum Gasteiger partial charge on any atom is -0.343 e. The van der Waals surface area contributed by atoms with E-state index in [2.05, 4.69) is 49.2 Å². The molecule has 0 spiro atoms. The molecule has 0 unspecified atom stereocenters. The van der Waals surface area contributed by atoms with Gasteiger partial charge in [0.15, 0.2) is 0 Å². The van der Waals surface area contributed by atoms with Crippen molar-refractivity contribution in [3.8, 4) is 0 Å². The summed E-state index contributed by atoms with van der Waals surface area (Å²) >= 11 is 0. The second-order valence-electron chi connectivity index (χ2n) is 6.22. The Morgan fingerprint density at radius 1 is 1.33 bits per heavy atom. The van der Waals surface area contributed by atoms with Gasteiger partial charge in [0.25, 0.3) is 0 Å². The molecule has 1 fully saturated rings. The lowest BCUT2D eigenvalue weighted by atomic mass is 10.1. The number of likely N-dealkylation sites (N-methyl/N-ethyl adjacent to an activating group) is 1. The van der Waals surface area contributed by atoms with E-state index >= 15 is 0 Å². The molecule has 0 radical (unpaired) electrons. The molecule has 0 N–H and O–H groups in total. The number of amides is 1. The van der Waals surface area contributed by atoms with Crippen molar-refractivity contribution < 1.29 is 4.79 Å². The van der Waals surface area contributed by atoms with Crippen LogP contribution in [0.2, 0.25) is 0 Å². The van der Waals surface area contributed by atoms with Crippen molar-refractivity contribution in [3.05, 3.63) is 41.5 Å². The Morgan fingerprint density at radius 2 is 2.05 bits per heavy atom. The highest BCUT2D eigenvalue weighted by Gasteiger charge is 2.24. The van der Waals surface area contributed by atoms with Crippen molar-refractivity contribution in [3.63, 3.8) is 0 Å². The second-order valence-corrected chi connectivity index (χ2v) is 6.22. The van der Waals surface area contributed by atoms with Crippen molar-refractivity contribution in [2.45, 2.75) is 20.3 Å². The van der Waals surface area contributed by atoms with E-state index < -0.39 is 0 Å². The first-order valence-corrected chi connectivity index (χ1v) is 7.71. The molecule has 1 saturated heterocycles. The third-order valence-corrected chi connectivity index (χ3v) is 4.03. The molecule has 1 aromatic rings. The Kier molecular flexibility index (Phi) is 5.57. The Balaban J connectivity index is 1.81. The molecule has 1 amide bonds. The molecule has 1 atom stereocenters. The molecular formula is C18H26N2O. The van der Waals surface area contributed by atoms with Crippen LogP contribution in [0.25, 0.3) is 6.08 Å². The monoisotopic (exact) mass is 286 g/mol. The number of carbonyl (C=O) groups is 1. The molecule has 2 rings (SSSR count). The first kappa shape index (κ1) is 15.8. The van der Waals surface area contributed by atoms with Crippen molar-refractivity contribution in [1.82, 2.24) is 9.80 Å². The zero-order chi connectivity index (χ0) is 15.2. The maximum Gasteiger partial charge on any atom is 0.219 e. The Labute approximate surface area is 128 Å². The van der Waals surface area contributed by atoms with Gasteiger partial charge in [-0.2, -0.15) is 0 Å². The van der Waals surface area contributed by atoms with E-state index in [0.29, 0.717) is 5.92 Å². The van der Waals surface area contributed by atoms with Crippen LogP contribution >= 0.6 is 0 Å². The summed E-state index contributed by atoms with van der Waals surface area (Å²) in [6, 6.07) is 10.4. The number of hydrogen-bond donors (Lipinski definition) is 0. The van der Waals surface area contributed by atoms with Crippen LogP contribution in [-0.2, 0) is 4.79 Å². The van der Waals surface area contributed by atoms with Crippen molar-refractivity contribution >= 4 is 12.0 Å². The summed E-state index contributed by atoms with van der Waals surface area (Å²) in [5, 5.41) is 0. The minimum atomic E-state index is 0.209. The molecule has 1 aliphatic rings. The predicted molar refractivity (Wildman–Crippen MR) is 88.0 cm³/mol. The molecule has 0 aliphatic carbocycles. The molecule has 0 bridgehead atoms. The van der Waals surface area contributed by atoms with Crippen LogP contribution in [0, 0.1) is 5.92 Å². The number of likely N-dealkylation sites (tertiary alicyclic amines) is 1. The van der Waals surface area contributed by atoms with Crippen LogP contribution in [0.1, 0.15) is 25.8 Å². The number of carbonyl (C=O) groups excluding carboxylic acids is 1. The molecule has 0 aromatic heterocycles. The molecule has 3 heteroatoms. The molecular weight excluding hydrogens is 260 g/mol. The van der Waals surface area contributed by atoms with Gasteiger partial charge in [0.05, 0.1) is 0 Å². The number of rotatable bonds is 5. The van der Waals surface area contributed by atoms with Crippen LogP contribution in [0.4, 0.5) is 0 Å². The second kappa shape index (κ2) is 7.41. The molecule has 3 nitrogen and oxygen atoms in total. The first-order chi connectivity index (χ1) is 10.0. The van der Waals surface area contributed by atoms with Gasteiger partial charge >= 0.3 is 0 Å². The zero-order valence-electron chi connectivity index (χ0n) is 13.4. The Hall–Kier alpha value is -1.61. The van der Waals surface area contributed by atoms with Gasteiger partial charge < -0.3 is 9.80 Å². The number of benzene rings is 1. The van der Waals surface area contributed by atoms with Crippen LogP contribution < -0.4 is 0 Å². The van der Waals surface area contributed by atoms with E-state index in [1.54, 1.807) is 6.92 Å². The third kappa shape index (κ3) is 5.01. The van der Waals surface area contributed by atoms with Crippen LogP contribution in [0.3, 0.4) is 0 Å². The summed E-state index contributed by atoms with van der Waals surface area (Å²) in [6.45, 7) is 7.72. The summed E-state index contributed by atoms with van der Waals surface area (Å²) in [6.07, 6.45) is 3.37. The average molecular weight is 286 g/mol. The highest BCUT2D eigenvalue weighted by molar-refractivity contribution is 5.73. The maximum absolute atomic E-state index is 11.4. The van der Waals surface area contributed by atoms with E-state index in [9.17, 15) is 4.79 Å². The summed E-state index contributed by atoms with van der Waals surface area (Å²) in [4.78, 5) is 15.7. The smallest absolute Gasteiger partial charge is 0.219 e. The van der Waals surface area contributed by atoms with Gasteiger partial charge in [0.1, 0.15) is 0 Å². The highest BCUT2D eigenvalue weighted by Crippen LogP contribution is 2.17. The average Bonchev–Trinajstić information content (AvgIpc) is 2.88. The molecule has 114 valence electrons. The van der Waals surface area contributed by atoms with E-state index in [1.807, 2.05) is 11.0 Å². The first-order valence-electron chi connectivity index (χ1n) is 7.71. The highest BCUT2D eigenvalue weighted by atomic mass is 16.2. The lowest BCUT2D eigenvalue weighted by Crippen LogP contribution is -2.31. The molecule has 0 saturated carbocycles. The quantitative estimate of drug-likeness (QED) is 0.831. The van der Waals surface area contributed by atoms with Gasteiger partial charge in [-0.3, -0.25) is 4.79 Å². The zero-order valence-corrected chi connectivity index (χ0v) is 13.4. The third-order valence-electron chi connectivity index (χ3n) is 4.03.